The lowest BCUT2D eigenvalue weighted by Gasteiger charge is -2.21. The van der Waals surface area contributed by atoms with Crippen molar-refractivity contribution < 1.29 is 0 Å². The summed E-state index contributed by atoms with van der Waals surface area (Å²) < 4.78 is 1.76. The topological polar surface area (TPSA) is 63.8 Å². The molecule has 0 amide bonds. The largest absolute Gasteiger partial charge is 0.393 e. The maximum atomic E-state index is 12.0. The second-order valence-corrected chi connectivity index (χ2v) is 4.72. The normalized spacial score (nSPS) is 17.8. The third-order valence-corrected chi connectivity index (χ3v) is 3.47. The molecular formula is C12H21N3O. The van der Waals surface area contributed by atoms with E-state index in [-0.39, 0.29) is 5.56 Å². The molecule has 1 heterocycles. The van der Waals surface area contributed by atoms with Crippen LogP contribution >= 0.6 is 0 Å². The van der Waals surface area contributed by atoms with Gasteiger partial charge in [0.2, 0.25) is 0 Å². The van der Waals surface area contributed by atoms with Crippen molar-refractivity contribution >= 4 is 5.69 Å². The Morgan fingerprint density at radius 2 is 2.06 bits per heavy atom. The fourth-order valence-electron chi connectivity index (χ4n) is 2.55. The van der Waals surface area contributed by atoms with Crippen molar-refractivity contribution in [3.63, 3.8) is 0 Å². The second-order valence-electron chi connectivity index (χ2n) is 4.72. The Balaban J connectivity index is 2.26. The number of nitrogens with two attached hydrogens (primary N) is 1. The number of hydrogen-bond donors (Lipinski definition) is 2. The van der Waals surface area contributed by atoms with Gasteiger partial charge in [-0.2, -0.15) is 0 Å². The molecule has 1 saturated carbocycles. The molecule has 2 rings (SSSR count). The Hall–Kier alpha value is -1.19. The molecule has 3 N–H and O–H groups in total. The summed E-state index contributed by atoms with van der Waals surface area (Å²) in [5.74, 6) is 0. The zero-order valence-electron chi connectivity index (χ0n) is 9.96. The molecule has 0 atom stereocenters. The highest BCUT2D eigenvalue weighted by Gasteiger charge is 2.20. The average molecular weight is 223 g/mol. The van der Waals surface area contributed by atoms with Gasteiger partial charge >= 0.3 is 0 Å². The van der Waals surface area contributed by atoms with Crippen molar-refractivity contribution in [1.82, 2.24) is 9.78 Å². The number of aryl methyl sites for hydroxylation is 1. The van der Waals surface area contributed by atoms with E-state index in [1.54, 1.807) is 4.68 Å². The van der Waals surface area contributed by atoms with Crippen molar-refractivity contribution in [3.8, 4) is 0 Å². The fraction of sp³-hybridized carbons (Fsp3) is 0.750. The van der Waals surface area contributed by atoms with Crippen LogP contribution in [0.15, 0.2) is 4.79 Å². The third-order valence-electron chi connectivity index (χ3n) is 3.47. The van der Waals surface area contributed by atoms with E-state index in [1.165, 1.54) is 19.3 Å². The van der Waals surface area contributed by atoms with Crippen LogP contribution < -0.4 is 11.3 Å². The number of nitrogen functional groups attached to an aromatic ring is 1. The molecule has 1 aromatic rings. The van der Waals surface area contributed by atoms with E-state index in [1.807, 2.05) is 0 Å². The van der Waals surface area contributed by atoms with Gasteiger partial charge in [0.05, 0.1) is 11.7 Å². The van der Waals surface area contributed by atoms with Crippen molar-refractivity contribution in [1.29, 1.82) is 0 Å². The zero-order chi connectivity index (χ0) is 11.5. The van der Waals surface area contributed by atoms with Crippen molar-refractivity contribution in [2.24, 2.45) is 0 Å². The molecular weight excluding hydrogens is 202 g/mol. The first-order valence-corrected chi connectivity index (χ1v) is 6.33. The number of nitrogens with zero attached hydrogens (tertiary/aromatic N) is 1. The zero-order valence-corrected chi connectivity index (χ0v) is 9.96. The van der Waals surface area contributed by atoms with Crippen LogP contribution in [0.5, 0.6) is 0 Å². The first-order chi connectivity index (χ1) is 7.74. The molecule has 1 aliphatic carbocycles. The van der Waals surface area contributed by atoms with Gasteiger partial charge in [0.15, 0.2) is 0 Å². The molecule has 4 heteroatoms. The van der Waals surface area contributed by atoms with E-state index in [2.05, 4.69) is 12.0 Å². The number of aromatic nitrogens is 2. The molecule has 1 aliphatic rings. The third kappa shape index (κ3) is 2.01. The smallest absolute Gasteiger partial charge is 0.290 e. The SMILES string of the molecule is CCCc1[nH]n(C2CCCCC2)c(=O)c1N. The van der Waals surface area contributed by atoms with Gasteiger partial charge in [-0.15, -0.1) is 0 Å². The van der Waals surface area contributed by atoms with Crippen molar-refractivity contribution in [2.75, 3.05) is 5.73 Å². The van der Waals surface area contributed by atoms with Gasteiger partial charge in [0.25, 0.3) is 5.56 Å². The molecule has 0 radical (unpaired) electrons. The monoisotopic (exact) mass is 223 g/mol. The first kappa shape index (κ1) is 11.3. The standard InChI is InChI=1S/C12H21N3O/c1-2-6-10-11(13)12(16)15(14-10)9-7-4-3-5-8-9/h9,14H,2-8,13H2,1H3. The molecule has 16 heavy (non-hydrogen) atoms. The van der Waals surface area contributed by atoms with E-state index in [0.29, 0.717) is 11.7 Å². The van der Waals surface area contributed by atoms with Gasteiger partial charge in [-0.3, -0.25) is 9.89 Å². The molecule has 0 aromatic carbocycles. The van der Waals surface area contributed by atoms with Crippen LogP contribution in [0.25, 0.3) is 0 Å². The quantitative estimate of drug-likeness (QED) is 0.825. The summed E-state index contributed by atoms with van der Waals surface area (Å²) >= 11 is 0. The predicted molar refractivity (Wildman–Crippen MR) is 65.6 cm³/mol. The van der Waals surface area contributed by atoms with E-state index in [4.69, 9.17) is 5.73 Å². The van der Waals surface area contributed by atoms with E-state index in [0.717, 1.165) is 31.4 Å². The Bertz CT molecular complexity index is 399. The summed E-state index contributed by atoms with van der Waals surface area (Å²) in [4.78, 5) is 12.0. The summed E-state index contributed by atoms with van der Waals surface area (Å²) in [5.41, 5.74) is 7.15. The summed E-state index contributed by atoms with van der Waals surface area (Å²) in [6.07, 6.45) is 7.81. The summed E-state index contributed by atoms with van der Waals surface area (Å²) in [5, 5.41) is 3.20. The Morgan fingerprint density at radius 3 is 2.69 bits per heavy atom. The van der Waals surface area contributed by atoms with Crippen LogP contribution in [-0.2, 0) is 6.42 Å². The van der Waals surface area contributed by atoms with E-state index < -0.39 is 0 Å². The summed E-state index contributed by atoms with van der Waals surface area (Å²) in [6.45, 7) is 2.09. The number of hydrogen-bond acceptors (Lipinski definition) is 2. The van der Waals surface area contributed by atoms with Gasteiger partial charge in [-0.05, 0) is 19.3 Å². The van der Waals surface area contributed by atoms with Crippen LogP contribution in [0.4, 0.5) is 5.69 Å². The highest BCUT2D eigenvalue weighted by molar-refractivity contribution is 5.40. The van der Waals surface area contributed by atoms with Gasteiger partial charge in [0.1, 0.15) is 5.69 Å². The molecule has 0 aliphatic heterocycles. The highest BCUT2D eigenvalue weighted by atomic mass is 16.1. The number of H-pyrrole nitrogens is 1. The molecule has 1 aromatic heterocycles. The Morgan fingerprint density at radius 1 is 1.38 bits per heavy atom. The Labute approximate surface area is 95.8 Å². The molecule has 1 fully saturated rings. The lowest BCUT2D eigenvalue weighted by atomic mass is 9.96. The van der Waals surface area contributed by atoms with Crippen LogP contribution in [0.2, 0.25) is 0 Å². The van der Waals surface area contributed by atoms with Crippen molar-refractivity contribution in [2.45, 2.75) is 57.9 Å². The van der Waals surface area contributed by atoms with Gasteiger partial charge in [-0.25, -0.2) is 4.68 Å². The lowest BCUT2D eigenvalue weighted by Crippen LogP contribution is -2.25. The number of aromatic amines is 1. The van der Waals surface area contributed by atoms with Crippen LogP contribution in [0.3, 0.4) is 0 Å². The molecule has 0 spiro atoms. The van der Waals surface area contributed by atoms with Gasteiger partial charge < -0.3 is 5.73 Å². The number of rotatable bonds is 3. The maximum absolute atomic E-state index is 12.0. The van der Waals surface area contributed by atoms with Crippen LogP contribution in [0, 0.1) is 0 Å². The fourth-order valence-corrected chi connectivity index (χ4v) is 2.55. The van der Waals surface area contributed by atoms with E-state index in [9.17, 15) is 4.79 Å². The molecule has 0 saturated heterocycles. The number of anilines is 1. The van der Waals surface area contributed by atoms with Crippen molar-refractivity contribution in [3.05, 3.63) is 16.0 Å². The van der Waals surface area contributed by atoms with Gasteiger partial charge in [-0.1, -0.05) is 32.6 Å². The maximum Gasteiger partial charge on any atom is 0.290 e. The summed E-state index contributed by atoms with van der Waals surface area (Å²) in [6, 6.07) is 0.342. The Kier molecular flexibility index (Phi) is 3.36. The molecule has 0 unspecified atom stereocenters. The predicted octanol–water partition coefficient (Wildman–Crippen LogP) is 2.22. The minimum absolute atomic E-state index is 0.0182. The minimum Gasteiger partial charge on any atom is -0.393 e. The van der Waals surface area contributed by atoms with Gasteiger partial charge in [0, 0.05) is 0 Å². The second kappa shape index (κ2) is 4.76. The molecule has 0 bridgehead atoms. The average Bonchev–Trinajstić information content (AvgIpc) is 2.59. The highest BCUT2D eigenvalue weighted by Crippen LogP contribution is 2.27. The minimum atomic E-state index is -0.0182. The lowest BCUT2D eigenvalue weighted by molar-refractivity contribution is 0.322. The van der Waals surface area contributed by atoms with Crippen LogP contribution in [-0.4, -0.2) is 9.78 Å². The van der Waals surface area contributed by atoms with E-state index >= 15 is 0 Å². The number of nitrogens with one attached hydrogen (secondary N) is 1. The van der Waals surface area contributed by atoms with Crippen LogP contribution in [0.1, 0.15) is 57.2 Å². The molecule has 90 valence electrons. The first-order valence-electron chi connectivity index (χ1n) is 6.33. The molecule has 4 nitrogen and oxygen atoms in total. The summed E-state index contributed by atoms with van der Waals surface area (Å²) in [7, 11) is 0.